The molecule has 1 amide bonds. The van der Waals surface area contributed by atoms with E-state index in [9.17, 15) is 9.59 Å². The maximum Gasteiger partial charge on any atom is 0.407 e. The average molecular weight is 425 g/mol. The van der Waals surface area contributed by atoms with Crippen molar-refractivity contribution >= 4 is 12.4 Å². The van der Waals surface area contributed by atoms with Crippen LogP contribution in [0.3, 0.4) is 0 Å². The van der Waals surface area contributed by atoms with E-state index in [4.69, 9.17) is 9.47 Å². The number of fused-ring (bicyclic) bond motifs is 3. The van der Waals surface area contributed by atoms with Crippen LogP contribution in [0.2, 0.25) is 0 Å². The molecule has 0 unspecified atom stereocenters. The Morgan fingerprint density at radius 3 is 2.38 bits per heavy atom. The van der Waals surface area contributed by atoms with Gasteiger partial charge in [-0.05, 0) is 40.5 Å². The number of rotatable bonds is 6. The Morgan fingerprint density at radius 2 is 1.72 bits per heavy atom. The molecule has 0 saturated heterocycles. The van der Waals surface area contributed by atoms with E-state index in [1.165, 1.54) is 29.4 Å². The lowest BCUT2D eigenvalue weighted by molar-refractivity contribution is 0.112. The summed E-state index contributed by atoms with van der Waals surface area (Å²) >= 11 is 0. The standard InChI is InChI=1S/C27H23NO4/c1-31-26-14-13-19(16-20(26)17-29)8-6-7-15-28-27(30)32-18-25-23-11-4-2-9-21(23)22-10-3-5-12-24(22)25/h2-5,9-14,16-17,25H,7,15,18H2,1H3,(H,28,30). The highest BCUT2D eigenvalue weighted by Gasteiger charge is 2.28. The number of amides is 1. The highest BCUT2D eigenvalue weighted by atomic mass is 16.5. The smallest absolute Gasteiger partial charge is 0.407 e. The van der Waals surface area contributed by atoms with Crippen LogP contribution in [-0.4, -0.2) is 32.6 Å². The van der Waals surface area contributed by atoms with Crippen molar-refractivity contribution in [1.82, 2.24) is 5.32 Å². The normalized spacial score (nSPS) is 11.5. The molecule has 32 heavy (non-hydrogen) atoms. The molecule has 0 bridgehead atoms. The van der Waals surface area contributed by atoms with Crippen molar-refractivity contribution in [2.45, 2.75) is 12.3 Å². The predicted octanol–water partition coefficient (Wildman–Crippen LogP) is 4.79. The minimum atomic E-state index is -0.457. The number of nitrogens with one attached hydrogen (secondary N) is 1. The molecule has 0 aliphatic heterocycles. The van der Waals surface area contributed by atoms with Gasteiger partial charge in [0.1, 0.15) is 12.4 Å². The van der Waals surface area contributed by atoms with Crippen LogP contribution in [0.25, 0.3) is 11.1 Å². The zero-order valence-electron chi connectivity index (χ0n) is 17.8. The first-order valence-corrected chi connectivity index (χ1v) is 10.4. The summed E-state index contributed by atoms with van der Waals surface area (Å²) in [6.07, 6.45) is 0.747. The predicted molar refractivity (Wildman–Crippen MR) is 123 cm³/mol. The summed E-state index contributed by atoms with van der Waals surface area (Å²) < 4.78 is 10.6. The number of carbonyl (C=O) groups excluding carboxylic acids is 2. The van der Waals surface area contributed by atoms with Gasteiger partial charge in [-0.1, -0.05) is 60.4 Å². The van der Waals surface area contributed by atoms with Crippen LogP contribution in [0.4, 0.5) is 4.79 Å². The van der Waals surface area contributed by atoms with E-state index in [-0.39, 0.29) is 12.5 Å². The van der Waals surface area contributed by atoms with Gasteiger partial charge < -0.3 is 14.8 Å². The summed E-state index contributed by atoms with van der Waals surface area (Å²) in [7, 11) is 1.52. The van der Waals surface area contributed by atoms with Gasteiger partial charge >= 0.3 is 6.09 Å². The van der Waals surface area contributed by atoms with Crippen molar-refractivity contribution in [1.29, 1.82) is 0 Å². The highest BCUT2D eigenvalue weighted by molar-refractivity contribution is 5.80. The molecule has 1 aliphatic rings. The summed E-state index contributed by atoms with van der Waals surface area (Å²) in [4.78, 5) is 23.3. The average Bonchev–Trinajstić information content (AvgIpc) is 3.16. The summed E-state index contributed by atoms with van der Waals surface area (Å²) in [6, 6.07) is 21.6. The number of ether oxygens (including phenoxy) is 2. The molecule has 1 N–H and O–H groups in total. The SMILES string of the molecule is COc1ccc(C#CCCNC(=O)OCC2c3ccccc3-c3ccccc32)cc1C=O. The van der Waals surface area contributed by atoms with Crippen LogP contribution in [0.15, 0.2) is 66.7 Å². The Morgan fingerprint density at radius 1 is 1.03 bits per heavy atom. The molecule has 0 spiro atoms. The van der Waals surface area contributed by atoms with Crippen LogP contribution >= 0.6 is 0 Å². The minimum Gasteiger partial charge on any atom is -0.496 e. The Bertz CT molecular complexity index is 1160. The van der Waals surface area contributed by atoms with Gasteiger partial charge in [0.2, 0.25) is 0 Å². The van der Waals surface area contributed by atoms with Gasteiger partial charge in [-0.2, -0.15) is 0 Å². The lowest BCUT2D eigenvalue weighted by Gasteiger charge is -2.14. The van der Waals surface area contributed by atoms with E-state index in [2.05, 4.69) is 41.4 Å². The maximum absolute atomic E-state index is 12.2. The van der Waals surface area contributed by atoms with Crippen LogP contribution in [0, 0.1) is 11.8 Å². The monoisotopic (exact) mass is 425 g/mol. The van der Waals surface area contributed by atoms with Crippen LogP contribution in [0.1, 0.15) is 39.4 Å². The zero-order chi connectivity index (χ0) is 22.3. The number of methoxy groups -OCH3 is 1. The largest absolute Gasteiger partial charge is 0.496 e. The van der Waals surface area contributed by atoms with Crippen molar-refractivity contribution in [3.8, 4) is 28.7 Å². The van der Waals surface area contributed by atoms with Gasteiger partial charge in [0.05, 0.1) is 12.7 Å². The van der Waals surface area contributed by atoms with Gasteiger partial charge in [-0.25, -0.2) is 4.79 Å². The third-order valence-electron chi connectivity index (χ3n) is 5.45. The van der Waals surface area contributed by atoms with Gasteiger partial charge in [-0.3, -0.25) is 4.79 Å². The van der Waals surface area contributed by atoms with Crippen molar-refractivity contribution in [3.63, 3.8) is 0 Å². The zero-order valence-corrected chi connectivity index (χ0v) is 17.8. The number of benzene rings is 3. The molecule has 3 aromatic rings. The number of alkyl carbamates (subject to hydrolysis) is 1. The first-order valence-electron chi connectivity index (χ1n) is 10.4. The van der Waals surface area contributed by atoms with Crippen LogP contribution in [-0.2, 0) is 4.74 Å². The molecule has 4 rings (SSSR count). The number of carbonyl (C=O) groups is 2. The van der Waals surface area contributed by atoms with Gasteiger partial charge in [0.15, 0.2) is 6.29 Å². The second-order valence-electron chi connectivity index (χ2n) is 7.38. The summed E-state index contributed by atoms with van der Waals surface area (Å²) in [6.45, 7) is 0.659. The second kappa shape index (κ2) is 9.84. The fourth-order valence-corrected chi connectivity index (χ4v) is 3.95. The lowest BCUT2D eigenvalue weighted by Crippen LogP contribution is -2.26. The summed E-state index contributed by atoms with van der Waals surface area (Å²) in [5, 5.41) is 2.74. The summed E-state index contributed by atoms with van der Waals surface area (Å²) in [5.41, 5.74) is 5.93. The molecule has 0 aromatic heterocycles. The van der Waals surface area contributed by atoms with E-state index in [0.717, 1.165) is 6.29 Å². The minimum absolute atomic E-state index is 0.0371. The van der Waals surface area contributed by atoms with Gasteiger partial charge in [0.25, 0.3) is 0 Å². The lowest BCUT2D eigenvalue weighted by atomic mass is 9.98. The molecule has 3 aromatic carbocycles. The number of aldehydes is 1. The molecule has 1 aliphatic carbocycles. The number of hydrogen-bond acceptors (Lipinski definition) is 4. The molecule has 5 nitrogen and oxygen atoms in total. The Balaban J connectivity index is 1.28. The van der Waals surface area contributed by atoms with Crippen molar-refractivity contribution in [3.05, 3.63) is 89.0 Å². The molecule has 5 heteroatoms. The Hall–Kier alpha value is -4.04. The third kappa shape index (κ3) is 4.50. The Labute approximate surface area is 187 Å². The molecule has 0 saturated carbocycles. The maximum atomic E-state index is 12.2. The molecule has 0 atom stereocenters. The van der Waals surface area contributed by atoms with E-state index in [1.807, 2.05) is 24.3 Å². The molecular formula is C27H23NO4. The van der Waals surface area contributed by atoms with Gasteiger partial charge in [0, 0.05) is 24.4 Å². The van der Waals surface area contributed by atoms with E-state index < -0.39 is 6.09 Å². The van der Waals surface area contributed by atoms with Crippen LogP contribution in [0.5, 0.6) is 5.75 Å². The molecular weight excluding hydrogens is 402 g/mol. The Kier molecular flexibility index (Phi) is 6.52. The van der Waals surface area contributed by atoms with Crippen LogP contribution < -0.4 is 10.1 Å². The van der Waals surface area contributed by atoms with Crippen molar-refractivity contribution in [2.75, 3.05) is 20.3 Å². The molecule has 160 valence electrons. The number of hydrogen-bond donors (Lipinski definition) is 1. The summed E-state index contributed by atoms with van der Waals surface area (Å²) in [5.74, 6) is 6.53. The quantitative estimate of drug-likeness (QED) is 0.350. The third-order valence-corrected chi connectivity index (χ3v) is 5.45. The van der Waals surface area contributed by atoms with Crippen molar-refractivity contribution in [2.24, 2.45) is 0 Å². The fourth-order valence-electron chi connectivity index (χ4n) is 3.95. The first kappa shape index (κ1) is 21.2. The highest BCUT2D eigenvalue weighted by Crippen LogP contribution is 2.44. The van der Waals surface area contributed by atoms with E-state index in [1.54, 1.807) is 18.2 Å². The first-order chi connectivity index (χ1) is 15.7. The van der Waals surface area contributed by atoms with E-state index >= 15 is 0 Å². The van der Waals surface area contributed by atoms with E-state index in [0.29, 0.717) is 29.8 Å². The fraction of sp³-hybridized carbons (Fsp3) is 0.185. The van der Waals surface area contributed by atoms with Gasteiger partial charge in [-0.15, -0.1) is 0 Å². The topological polar surface area (TPSA) is 64.6 Å². The second-order valence-corrected chi connectivity index (χ2v) is 7.38. The van der Waals surface area contributed by atoms with Crippen molar-refractivity contribution < 1.29 is 19.1 Å². The molecule has 0 fully saturated rings. The molecule has 0 radical (unpaired) electrons. The molecule has 0 heterocycles.